The second kappa shape index (κ2) is 6.56. The largest absolute Gasteiger partial charge is 0.461 e. The smallest absolute Gasteiger partial charge is 0.360 e. The average molecular weight is 267 g/mol. The number of aromatic nitrogens is 1. The quantitative estimate of drug-likeness (QED) is 0.726. The molecule has 6 heteroatoms. The first kappa shape index (κ1) is 13.9. The normalized spacial score (nSPS) is 15.7. The summed E-state index contributed by atoms with van der Waals surface area (Å²) < 4.78 is 10.2. The van der Waals surface area contributed by atoms with E-state index in [2.05, 4.69) is 9.88 Å². The van der Waals surface area contributed by atoms with Gasteiger partial charge < -0.3 is 19.0 Å². The van der Waals surface area contributed by atoms with E-state index in [4.69, 9.17) is 9.15 Å². The van der Waals surface area contributed by atoms with Crippen molar-refractivity contribution in [2.24, 2.45) is 0 Å². The fraction of sp³-hybridized carbons (Fsp3) is 0.692. The molecule has 106 valence electrons. The summed E-state index contributed by atoms with van der Waals surface area (Å²) >= 11 is 0. The lowest BCUT2D eigenvalue weighted by atomic mass is 10.4. The summed E-state index contributed by atoms with van der Waals surface area (Å²) in [6.07, 6.45) is 3.92. The molecule has 0 radical (unpaired) electrons. The van der Waals surface area contributed by atoms with E-state index in [1.807, 2.05) is 11.9 Å². The van der Waals surface area contributed by atoms with Gasteiger partial charge in [0.05, 0.1) is 6.61 Å². The number of hydrogen-bond donors (Lipinski definition) is 0. The molecule has 19 heavy (non-hydrogen) atoms. The number of anilines is 1. The van der Waals surface area contributed by atoms with Gasteiger partial charge in [0.25, 0.3) is 6.01 Å². The van der Waals surface area contributed by atoms with Gasteiger partial charge in [-0.1, -0.05) is 0 Å². The molecule has 1 aliphatic rings. The van der Waals surface area contributed by atoms with E-state index >= 15 is 0 Å². The Bertz CT molecular complexity index is 413. The van der Waals surface area contributed by atoms with Crippen molar-refractivity contribution in [3.8, 4) is 0 Å². The van der Waals surface area contributed by atoms with Gasteiger partial charge in [0.2, 0.25) is 0 Å². The van der Waals surface area contributed by atoms with Gasteiger partial charge in [-0.3, -0.25) is 0 Å². The van der Waals surface area contributed by atoms with Gasteiger partial charge in [-0.25, -0.2) is 4.79 Å². The topological polar surface area (TPSA) is 58.8 Å². The lowest BCUT2D eigenvalue weighted by Gasteiger charge is -2.19. The van der Waals surface area contributed by atoms with E-state index in [1.165, 1.54) is 32.2 Å². The summed E-state index contributed by atoms with van der Waals surface area (Å²) in [6.45, 7) is 6.28. The van der Waals surface area contributed by atoms with Gasteiger partial charge in [-0.05, 0) is 32.9 Å². The molecule has 6 nitrogen and oxygen atoms in total. The van der Waals surface area contributed by atoms with Crippen molar-refractivity contribution in [3.63, 3.8) is 0 Å². The summed E-state index contributed by atoms with van der Waals surface area (Å²) in [5.41, 5.74) is 0.227. The van der Waals surface area contributed by atoms with Crippen LogP contribution in [0.3, 0.4) is 0 Å². The van der Waals surface area contributed by atoms with E-state index in [-0.39, 0.29) is 5.69 Å². The molecule has 1 fully saturated rings. The average Bonchev–Trinajstić information content (AvgIpc) is 3.07. The van der Waals surface area contributed by atoms with Crippen LogP contribution >= 0.6 is 0 Å². The van der Waals surface area contributed by atoms with Crippen LogP contribution in [-0.2, 0) is 4.74 Å². The standard InChI is InChI=1S/C13H21N3O3/c1-3-18-12(17)11-10-19-13(14-11)15(2)8-9-16-6-4-5-7-16/h10H,3-9H2,1-2H3. The van der Waals surface area contributed by atoms with Gasteiger partial charge in [0.15, 0.2) is 5.69 Å². The fourth-order valence-corrected chi connectivity index (χ4v) is 2.13. The second-order valence-corrected chi connectivity index (χ2v) is 4.71. The maximum absolute atomic E-state index is 11.5. The molecule has 2 rings (SSSR count). The molecule has 1 aliphatic heterocycles. The zero-order valence-corrected chi connectivity index (χ0v) is 11.6. The van der Waals surface area contributed by atoms with E-state index in [9.17, 15) is 4.79 Å². The summed E-state index contributed by atoms with van der Waals surface area (Å²) in [5, 5.41) is 0. The SMILES string of the molecule is CCOC(=O)c1coc(N(C)CCN2CCCC2)n1. The van der Waals surface area contributed by atoms with Crippen molar-refractivity contribution >= 4 is 12.0 Å². The Labute approximate surface area is 113 Å². The Morgan fingerprint density at radius 3 is 2.95 bits per heavy atom. The zero-order chi connectivity index (χ0) is 13.7. The third kappa shape index (κ3) is 3.70. The Hall–Kier alpha value is -1.56. The number of oxazole rings is 1. The van der Waals surface area contributed by atoms with Crippen molar-refractivity contribution in [3.05, 3.63) is 12.0 Å². The molecule has 0 bridgehead atoms. The summed E-state index contributed by atoms with van der Waals surface area (Å²) in [7, 11) is 1.91. The number of nitrogens with zero attached hydrogens (tertiary/aromatic N) is 3. The molecule has 1 aromatic heterocycles. The van der Waals surface area contributed by atoms with Gasteiger partial charge in [0, 0.05) is 20.1 Å². The maximum atomic E-state index is 11.5. The first-order valence-corrected chi connectivity index (χ1v) is 6.77. The lowest BCUT2D eigenvalue weighted by molar-refractivity contribution is 0.0519. The van der Waals surface area contributed by atoms with Gasteiger partial charge >= 0.3 is 5.97 Å². The minimum Gasteiger partial charge on any atom is -0.461 e. The van der Waals surface area contributed by atoms with Crippen molar-refractivity contribution in [1.29, 1.82) is 0 Å². The van der Waals surface area contributed by atoms with Crippen LogP contribution < -0.4 is 4.90 Å². The molecule has 1 saturated heterocycles. The molecule has 0 aliphatic carbocycles. The minimum atomic E-state index is -0.439. The molecular weight excluding hydrogens is 246 g/mol. The van der Waals surface area contributed by atoms with E-state index in [1.54, 1.807) is 6.92 Å². The Balaban J connectivity index is 1.84. The van der Waals surface area contributed by atoms with E-state index < -0.39 is 5.97 Å². The van der Waals surface area contributed by atoms with Crippen LogP contribution in [0.4, 0.5) is 6.01 Å². The summed E-state index contributed by atoms with van der Waals surface area (Å²) in [6, 6.07) is 0.460. The van der Waals surface area contributed by atoms with Gasteiger partial charge in [-0.15, -0.1) is 0 Å². The third-order valence-electron chi connectivity index (χ3n) is 3.25. The fourth-order valence-electron chi connectivity index (χ4n) is 2.13. The monoisotopic (exact) mass is 267 g/mol. The first-order valence-electron chi connectivity index (χ1n) is 6.77. The molecule has 1 aromatic rings. The highest BCUT2D eigenvalue weighted by Gasteiger charge is 2.17. The zero-order valence-electron chi connectivity index (χ0n) is 11.6. The summed E-state index contributed by atoms with van der Waals surface area (Å²) in [4.78, 5) is 20.0. The highest BCUT2D eigenvalue weighted by atomic mass is 16.5. The van der Waals surface area contributed by atoms with Crippen molar-refractivity contribution in [2.75, 3.05) is 44.7 Å². The molecule has 0 atom stereocenters. The lowest BCUT2D eigenvalue weighted by Crippen LogP contribution is -2.31. The molecule has 0 aromatic carbocycles. The number of rotatable bonds is 6. The molecule has 0 saturated carbocycles. The highest BCUT2D eigenvalue weighted by Crippen LogP contribution is 2.13. The molecular formula is C13H21N3O3. The van der Waals surface area contributed by atoms with Gasteiger partial charge in [0.1, 0.15) is 6.26 Å². The van der Waals surface area contributed by atoms with Crippen molar-refractivity contribution < 1.29 is 13.9 Å². The predicted molar refractivity (Wildman–Crippen MR) is 71.4 cm³/mol. The number of likely N-dealkylation sites (N-methyl/N-ethyl adjacent to an activating group) is 1. The van der Waals surface area contributed by atoms with E-state index in [0.717, 1.165) is 13.1 Å². The molecule has 0 N–H and O–H groups in total. The van der Waals surface area contributed by atoms with Crippen LogP contribution in [0.1, 0.15) is 30.3 Å². The van der Waals surface area contributed by atoms with Crippen LogP contribution in [0, 0.1) is 0 Å². The number of likely N-dealkylation sites (tertiary alicyclic amines) is 1. The molecule has 0 unspecified atom stereocenters. The van der Waals surface area contributed by atoms with Crippen LogP contribution in [0.2, 0.25) is 0 Å². The van der Waals surface area contributed by atoms with Crippen LogP contribution in [0.25, 0.3) is 0 Å². The number of carbonyl (C=O) groups is 1. The Morgan fingerprint density at radius 2 is 2.26 bits per heavy atom. The number of esters is 1. The highest BCUT2D eigenvalue weighted by molar-refractivity contribution is 5.87. The second-order valence-electron chi connectivity index (χ2n) is 4.71. The summed E-state index contributed by atoms with van der Waals surface area (Å²) in [5.74, 6) is -0.439. The predicted octanol–water partition coefficient (Wildman–Crippen LogP) is 1.38. The van der Waals surface area contributed by atoms with Crippen molar-refractivity contribution in [2.45, 2.75) is 19.8 Å². The maximum Gasteiger partial charge on any atom is 0.360 e. The van der Waals surface area contributed by atoms with Crippen molar-refractivity contribution in [1.82, 2.24) is 9.88 Å². The minimum absolute atomic E-state index is 0.227. The third-order valence-corrected chi connectivity index (χ3v) is 3.25. The molecule has 0 amide bonds. The van der Waals surface area contributed by atoms with E-state index in [0.29, 0.717) is 12.6 Å². The number of ether oxygens (including phenoxy) is 1. The molecule has 2 heterocycles. The van der Waals surface area contributed by atoms with Gasteiger partial charge in [-0.2, -0.15) is 4.98 Å². The number of hydrogen-bond acceptors (Lipinski definition) is 6. The van der Waals surface area contributed by atoms with Crippen LogP contribution in [-0.4, -0.2) is 55.7 Å². The molecule has 0 spiro atoms. The first-order chi connectivity index (χ1) is 9.20. The van der Waals surface area contributed by atoms with Crippen LogP contribution in [0.5, 0.6) is 0 Å². The Kier molecular flexibility index (Phi) is 4.79. The Morgan fingerprint density at radius 1 is 1.53 bits per heavy atom. The van der Waals surface area contributed by atoms with Crippen LogP contribution in [0.15, 0.2) is 10.7 Å². The number of carbonyl (C=O) groups excluding carboxylic acids is 1.